The lowest BCUT2D eigenvalue weighted by Crippen LogP contribution is -2.26. The zero-order chi connectivity index (χ0) is 18.0. The number of anilines is 1. The number of amides is 2. The Morgan fingerprint density at radius 3 is 2.16 bits per heavy atom. The highest BCUT2D eigenvalue weighted by molar-refractivity contribution is 6.05. The largest absolute Gasteiger partial charge is 0.349 e. The van der Waals surface area contributed by atoms with E-state index in [1.165, 1.54) is 18.0 Å². The first-order valence-corrected chi connectivity index (χ1v) is 8.51. The summed E-state index contributed by atoms with van der Waals surface area (Å²) in [5, 5.41) is 5.74. The predicted octanol–water partition coefficient (Wildman–Crippen LogP) is 3.52. The van der Waals surface area contributed by atoms with Crippen molar-refractivity contribution < 1.29 is 9.59 Å². The van der Waals surface area contributed by atoms with Crippen LogP contribution in [0.25, 0.3) is 0 Å². The molecule has 2 amide bonds. The van der Waals surface area contributed by atoms with Crippen molar-refractivity contribution in [2.24, 2.45) is 0 Å². The van der Waals surface area contributed by atoms with E-state index in [0.29, 0.717) is 16.8 Å². The molecule has 2 N–H and O–H groups in total. The van der Waals surface area contributed by atoms with Gasteiger partial charge in [0.15, 0.2) is 0 Å². The summed E-state index contributed by atoms with van der Waals surface area (Å²) in [7, 11) is 0. The van der Waals surface area contributed by atoms with Gasteiger partial charge in [-0.25, -0.2) is 0 Å². The van der Waals surface area contributed by atoms with Gasteiger partial charge in [-0.05, 0) is 42.0 Å². The molecule has 0 radical (unpaired) electrons. The van der Waals surface area contributed by atoms with E-state index < -0.39 is 0 Å². The standard InChI is InChI=1S/C20H23N3O2/c1-20(2,3)15-4-6-16(7-5-15)22-18(24)13-10-14(12-21-11-13)19(25)23-17-8-9-17/h4-7,10-12,17H,8-9H2,1-3H3,(H,22,24)(H,23,25). The van der Waals surface area contributed by atoms with Gasteiger partial charge >= 0.3 is 0 Å². The normalized spacial score (nSPS) is 14.0. The fraction of sp³-hybridized carbons (Fsp3) is 0.350. The Labute approximate surface area is 147 Å². The van der Waals surface area contributed by atoms with Crippen LogP contribution in [-0.2, 0) is 5.41 Å². The Hall–Kier alpha value is -2.69. The van der Waals surface area contributed by atoms with Gasteiger partial charge in [-0.2, -0.15) is 0 Å². The zero-order valence-corrected chi connectivity index (χ0v) is 14.8. The molecule has 0 unspecified atom stereocenters. The van der Waals surface area contributed by atoms with Crippen LogP contribution in [0.5, 0.6) is 0 Å². The summed E-state index contributed by atoms with van der Waals surface area (Å²) >= 11 is 0. The number of benzene rings is 1. The molecule has 3 rings (SSSR count). The monoisotopic (exact) mass is 337 g/mol. The van der Waals surface area contributed by atoms with E-state index >= 15 is 0 Å². The van der Waals surface area contributed by atoms with Crippen LogP contribution in [0.2, 0.25) is 0 Å². The van der Waals surface area contributed by atoms with E-state index in [1.807, 2.05) is 24.3 Å². The van der Waals surface area contributed by atoms with Gasteiger partial charge in [0.05, 0.1) is 11.1 Å². The van der Waals surface area contributed by atoms with Crippen molar-refractivity contribution in [2.75, 3.05) is 5.32 Å². The Bertz CT molecular complexity index is 787. The molecule has 1 aliphatic rings. The van der Waals surface area contributed by atoms with Crippen LogP contribution < -0.4 is 10.6 Å². The number of carbonyl (C=O) groups is 2. The molecule has 130 valence electrons. The summed E-state index contributed by atoms with van der Waals surface area (Å²) < 4.78 is 0. The van der Waals surface area contributed by atoms with Crippen molar-refractivity contribution in [1.82, 2.24) is 10.3 Å². The Kier molecular flexibility index (Phi) is 4.57. The molecule has 1 heterocycles. The van der Waals surface area contributed by atoms with Crippen LogP contribution in [0, 0.1) is 0 Å². The number of nitrogens with one attached hydrogen (secondary N) is 2. The number of pyridine rings is 1. The maximum absolute atomic E-state index is 12.4. The van der Waals surface area contributed by atoms with Crippen LogP contribution in [0.4, 0.5) is 5.69 Å². The van der Waals surface area contributed by atoms with Gasteiger partial charge in [-0.15, -0.1) is 0 Å². The number of hydrogen-bond acceptors (Lipinski definition) is 3. The smallest absolute Gasteiger partial charge is 0.257 e. The number of nitrogens with zero attached hydrogens (tertiary/aromatic N) is 1. The van der Waals surface area contributed by atoms with Crippen LogP contribution in [0.1, 0.15) is 59.9 Å². The average Bonchev–Trinajstić information content (AvgIpc) is 3.38. The fourth-order valence-electron chi connectivity index (χ4n) is 2.44. The molecule has 0 spiro atoms. The number of rotatable bonds is 4. The van der Waals surface area contributed by atoms with E-state index in [1.54, 1.807) is 6.07 Å². The second-order valence-electron chi connectivity index (χ2n) is 7.49. The van der Waals surface area contributed by atoms with Crippen molar-refractivity contribution in [1.29, 1.82) is 0 Å². The van der Waals surface area contributed by atoms with Crippen molar-refractivity contribution in [3.05, 3.63) is 59.4 Å². The molecule has 2 aromatic rings. The highest BCUT2D eigenvalue weighted by Gasteiger charge is 2.24. The molecule has 1 aromatic carbocycles. The minimum Gasteiger partial charge on any atom is -0.349 e. The molecule has 0 atom stereocenters. The number of hydrogen-bond donors (Lipinski definition) is 2. The number of aromatic nitrogens is 1. The van der Waals surface area contributed by atoms with Crippen LogP contribution in [0.3, 0.4) is 0 Å². The summed E-state index contributed by atoms with van der Waals surface area (Å²) in [6.45, 7) is 6.43. The maximum atomic E-state index is 12.4. The highest BCUT2D eigenvalue weighted by atomic mass is 16.2. The third-order valence-corrected chi connectivity index (χ3v) is 4.18. The topological polar surface area (TPSA) is 71.1 Å². The van der Waals surface area contributed by atoms with Crippen LogP contribution >= 0.6 is 0 Å². The molecular formula is C20H23N3O2. The molecule has 25 heavy (non-hydrogen) atoms. The third kappa shape index (κ3) is 4.44. The lowest BCUT2D eigenvalue weighted by Gasteiger charge is -2.19. The summed E-state index contributed by atoms with van der Waals surface area (Å²) in [5.41, 5.74) is 2.75. The van der Waals surface area contributed by atoms with Gasteiger partial charge < -0.3 is 10.6 Å². The molecule has 1 aromatic heterocycles. The molecule has 0 bridgehead atoms. The Morgan fingerprint density at radius 1 is 1.00 bits per heavy atom. The van der Waals surface area contributed by atoms with Gasteiger partial charge in [-0.3, -0.25) is 14.6 Å². The quantitative estimate of drug-likeness (QED) is 0.896. The molecule has 5 heteroatoms. The molecule has 1 saturated carbocycles. The van der Waals surface area contributed by atoms with Gasteiger partial charge in [-0.1, -0.05) is 32.9 Å². The first-order valence-electron chi connectivity index (χ1n) is 8.51. The molecule has 5 nitrogen and oxygen atoms in total. The second-order valence-corrected chi connectivity index (χ2v) is 7.49. The lowest BCUT2D eigenvalue weighted by molar-refractivity contribution is 0.0950. The molecule has 1 fully saturated rings. The summed E-state index contributed by atoms with van der Waals surface area (Å²) in [6, 6.07) is 9.63. The van der Waals surface area contributed by atoms with Gasteiger partial charge in [0.25, 0.3) is 11.8 Å². The van der Waals surface area contributed by atoms with E-state index in [0.717, 1.165) is 12.8 Å². The minimum absolute atomic E-state index is 0.0652. The molecule has 0 saturated heterocycles. The minimum atomic E-state index is -0.280. The van der Waals surface area contributed by atoms with Crippen molar-refractivity contribution in [2.45, 2.75) is 45.1 Å². The highest BCUT2D eigenvalue weighted by Crippen LogP contribution is 2.23. The first-order chi connectivity index (χ1) is 11.8. The van der Waals surface area contributed by atoms with E-state index in [4.69, 9.17) is 0 Å². The molecule has 0 aliphatic heterocycles. The fourth-order valence-corrected chi connectivity index (χ4v) is 2.44. The van der Waals surface area contributed by atoms with Gasteiger partial charge in [0.2, 0.25) is 0 Å². The number of carbonyl (C=O) groups excluding carboxylic acids is 2. The van der Waals surface area contributed by atoms with Crippen LogP contribution in [0.15, 0.2) is 42.7 Å². The van der Waals surface area contributed by atoms with E-state index in [2.05, 4.69) is 36.4 Å². The SMILES string of the molecule is CC(C)(C)c1ccc(NC(=O)c2cncc(C(=O)NC3CC3)c2)cc1. The Balaban J connectivity index is 1.69. The lowest BCUT2D eigenvalue weighted by atomic mass is 9.87. The van der Waals surface area contributed by atoms with Crippen molar-refractivity contribution >= 4 is 17.5 Å². The van der Waals surface area contributed by atoms with E-state index in [-0.39, 0.29) is 23.3 Å². The summed E-state index contributed by atoms with van der Waals surface area (Å²) in [4.78, 5) is 28.5. The Morgan fingerprint density at radius 2 is 1.60 bits per heavy atom. The zero-order valence-electron chi connectivity index (χ0n) is 14.8. The van der Waals surface area contributed by atoms with Crippen molar-refractivity contribution in [3.63, 3.8) is 0 Å². The third-order valence-electron chi connectivity index (χ3n) is 4.18. The van der Waals surface area contributed by atoms with E-state index in [9.17, 15) is 9.59 Å². The summed E-state index contributed by atoms with van der Waals surface area (Å²) in [6.07, 6.45) is 4.98. The summed E-state index contributed by atoms with van der Waals surface area (Å²) in [5.74, 6) is -0.462. The predicted molar refractivity (Wildman–Crippen MR) is 97.8 cm³/mol. The van der Waals surface area contributed by atoms with Gasteiger partial charge in [0, 0.05) is 24.1 Å². The van der Waals surface area contributed by atoms with Gasteiger partial charge in [0.1, 0.15) is 0 Å². The first kappa shape index (κ1) is 17.1. The van der Waals surface area contributed by atoms with Crippen molar-refractivity contribution in [3.8, 4) is 0 Å². The van der Waals surface area contributed by atoms with Crippen LogP contribution in [-0.4, -0.2) is 22.8 Å². The maximum Gasteiger partial charge on any atom is 0.257 e. The average molecular weight is 337 g/mol. The molecular weight excluding hydrogens is 314 g/mol. The second kappa shape index (κ2) is 6.67. The molecule has 1 aliphatic carbocycles.